The number of amides is 3. The monoisotopic (exact) mass is 512 g/mol. The maximum atomic E-state index is 13.8. The van der Waals surface area contributed by atoms with E-state index in [1.54, 1.807) is 14.0 Å². The molecule has 3 fully saturated rings. The molecule has 0 unspecified atom stereocenters. The Morgan fingerprint density at radius 1 is 1.34 bits per heavy atom. The number of rotatable bonds is 8. The molecule has 35 heavy (non-hydrogen) atoms. The fraction of sp³-hybridized carbons (Fsp3) is 0.727. The Hall–Kier alpha value is -2.22. The molecule has 0 radical (unpaired) electrons. The van der Waals surface area contributed by atoms with E-state index >= 15 is 0 Å². The van der Waals surface area contributed by atoms with Crippen LogP contribution >= 0.6 is 11.8 Å². The number of hydrogen-bond donors (Lipinski definition) is 5. The SMILES string of the molecule is CNCC(=O)N[C@H](C)[C@H]1C(=O)N2C(C(=O)O)=C(S[C@@H]3CN[C@H](C(=O)N4C[C@H](N)[C@@H](F)C4)C3)[C@H](C)[C@H]12. The van der Waals surface area contributed by atoms with Crippen molar-refractivity contribution in [1.29, 1.82) is 0 Å². The lowest BCUT2D eigenvalue weighted by molar-refractivity contribution is -0.158. The number of thioether (sulfide) groups is 1. The average Bonchev–Trinajstić information content (AvgIpc) is 3.45. The molecule has 3 saturated heterocycles. The van der Waals surface area contributed by atoms with Crippen LogP contribution in [0.3, 0.4) is 0 Å². The van der Waals surface area contributed by atoms with Crippen LogP contribution in [-0.4, -0.2) is 107 Å². The summed E-state index contributed by atoms with van der Waals surface area (Å²) in [6.45, 7) is 4.44. The van der Waals surface area contributed by atoms with E-state index in [-0.39, 0.29) is 60.3 Å². The first-order valence-electron chi connectivity index (χ1n) is 11.9. The lowest BCUT2D eigenvalue weighted by atomic mass is 9.78. The van der Waals surface area contributed by atoms with Gasteiger partial charge in [-0.2, -0.15) is 0 Å². The van der Waals surface area contributed by atoms with E-state index in [9.17, 15) is 28.7 Å². The van der Waals surface area contributed by atoms with Crippen molar-refractivity contribution < 1.29 is 28.7 Å². The lowest BCUT2D eigenvalue weighted by Crippen LogP contribution is -2.66. The summed E-state index contributed by atoms with van der Waals surface area (Å²) in [5.41, 5.74) is 5.69. The number of fused-ring (bicyclic) bond motifs is 1. The molecular formula is C22H33FN6O5S. The number of nitrogens with two attached hydrogens (primary N) is 1. The van der Waals surface area contributed by atoms with Crippen LogP contribution in [-0.2, 0) is 19.2 Å². The number of alkyl halides is 1. The van der Waals surface area contributed by atoms with Crippen molar-refractivity contribution >= 4 is 35.5 Å². The molecule has 0 saturated carbocycles. The van der Waals surface area contributed by atoms with Crippen LogP contribution in [0.25, 0.3) is 0 Å². The second-order valence-corrected chi connectivity index (χ2v) is 11.1. The normalized spacial score (nSPS) is 35.2. The molecule has 4 heterocycles. The highest BCUT2D eigenvalue weighted by molar-refractivity contribution is 8.03. The number of nitrogens with one attached hydrogen (secondary N) is 3. The second-order valence-electron chi connectivity index (χ2n) is 9.78. The fourth-order valence-corrected chi connectivity index (χ4v) is 7.08. The van der Waals surface area contributed by atoms with Gasteiger partial charge in [0.15, 0.2) is 0 Å². The summed E-state index contributed by atoms with van der Waals surface area (Å²) in [5.74, 6) is -2.64. The van der Waals surface area contributed by atoms with Gasteiger partial charge in [0.25, 0.3) is 0 Å². The number of carboxylic acid groups (broad SMARTS) is 1. The van der Waals surface area contributed by atoms with Gasteiger partial charge in [-0.15, -0.1) is 11.8 Å². The summed E-state index contributed by atoms with van der Waals surface area (Å²) in [7, 11) is 1.65. The molecule has 3 amide bonds. The Kier molecular flexibility index (Phi) is 7.41. The molecule has 0 aliphatic carbocycles. The third kappa shape index (κ3) is 4.66. The van der Waals surface area contributed by atoms with Crippen LogP contribution < -0.4 is 21.7 Å². The van der Waals surface area contributed by atoms with Gasteiger partial charge >= 0.3 is 5.97 Å². The number of likely N-dealkylation sites (N-methyl/N-ethyl adjacent to an activating group) is 1. The number of likely N-dealkylation sites (tertiary alicyclic amines) is 1. The number of hydrogen-bond acceptors (Lipinski definition) is 8. The maximum Gasteiger partial charge on any atom is 0.353 e. The highest BCUT2D eigenvalue weighted by Crippen LogP contribution is 2.51. The molecule has 0 spiro atoms. The van der Waals surface area contributed by atoms with Crippen LogP contribution in [0.1, 0.15) is 20.3 Å². The molecule has 0 bridgehead atoms. The fourth-order valence-electron chi connectivity index (χ4n) is 5.60. The molecule has 6 N–H and O–H groups in total. The molecule has 0 aromatic rings. The number of aliphatic carboxylic acids is 1. The largest absolute Gasteiger partial charge is 0.477 e. The van der Waals surface area contributed by atoms with E-state index in [1.807, 2.05) is 6.92 Å². The minimum Gasteiger partial charge on any atom is -0.477 e. The first-order chi connectivity index (χ1) is 16.5. The van der Waals surface area contributed by atoms with Gasteiger partial charge < -0.3 is 36.6 Å². The number of β-lactam (4-membered cyclic amide) rings is 1. The van der Waals surface area contributed by atoms with Crippen molar-refractivity contribution in [2.75, 3.05) is 33.2 Å². The van der Waals surface area contributed by atoms with Gasteiger partial charge in [-0.05, 0) is 20.4 Å². The molecule has 4 rings (SSSR count). The Morgan fingerprint density at radius 3 is 2.66 bits per heavy atom. The zero-order chi connectivity index (χ0) is 25.6. The van der Waals surface area contributed by atoms with Crippen molar-refractivity contribution in [3.05, 3.63) is 10.6 Å². The number of carbonyl (C=O) groups excluding carboxylic acids is 3. The molecule has 194 valence electrons. The van der Waals surface area contributed by atoms with E-state index in [0.29, 0.717) is 17.9 Å². The second kappa shape index (κ2) is 10.0. The predicted molar refractivity (Wildman–Crippen MR) is 127 cm³/mol. The standard InChI is InChI=1S/C22H33FN6O5S/c1-9-17-16(10(2)27-15(30)6-25-3)21(32)29(17)18(22(33)34)19(9)35-11-4-14(26-5-11)20(31)28-7-12(23)13(24)8-28/h9-14,16-17,25-26H,4-8,24H2,1-3H3,(H,27,30)(H,33,34)/t9-,10-,11+,12+,13+,14+,16-,17-/m1/s1. The minimum absolute atomic E-state index is 0.00940. The zero-order valence-corrected chi connectivity index (χ0v) is 20.8. The van der Waals surface area contributed by atoms with E-state index in [0.717, 1.165) is 0 Å². The van der Waals surface area contributed by atoms with Gasteiger partial charge in [0, 0.05) is 35.2 Å². The molecule has 4 aliphatic rings. The molecule has 0 aromatic carbocycles. The number of nitrogens with zero attached hydrogens (tertiary/aromatic N) is 2. The van der Waals surface area contributed by atoms with Gasteiger partial charge in [0.1, 0.15) is 11.9 Å². The summed E-state index contributed by atoms with van der Waals surface area (Å²) in [6.07, 6.45) is -0.762. The van der Waals surface area contributed by atoms with Crippen LogP contribution in [0, 0.1) is 11.8 Å². The smallest absolute Gasteiger partial charge is 0.353 e. The predicted octanol–water partition coefficient (Wildman–Crippen LogP) is -1.55. The highest BCUT2D eigenvalue weighted by atomic mass is 32.2. The summed E-state index contributed by atoms with van der Waals surface area (Å²) >= 11 is 1.39. The van der Waals surface area contributed by atoms with E-state index in [4.69, 9.17) is 5.73 Å². The minimum atomic E-state index is -1.23. The van der Waals surface area contributed by atoms with Gasteiger partial charge in [-0.3, -0.25) is 14.4 Å². The summed E-state index contributed by atoms with van der Waals surface area (Å²) < 4.78 is 13.8. The summed E-state index contributed by atoms with van der Waals surface area (Å²) in [6, 6.07) is -1.94. The number of halogens is 1. The summed E-state index contributed by atoms with van der Waals surface area (Å²) in [5, 5.41) is 18.6. The van der Waals surface area contributed by atoms with Gasteiger partial charge in [0.05, 0.1) is 37.1 Å². The molecule has 4 aliphatic heterocycles. The van der Waals surface area contributed by atoms with E-state index in [1.165, 1.54) is 21.6 Å². The van der Waals surface area contributed by atoms with E-state index < -0.39 is 36.2 Å². The lowest BCUT2D eigenvalue weighted by Gasteiger charge is -2.47. The Balaban J connectivity index is 1.43. The van der Waals surface area contributed by atoms with Crippen LogP contribution in [0.4, 0.5) is 4.39 Å². The van der Waals surface area contributed by atoms with Crippen LogP contribution in [0.5, 0.6) is 0 Å². The van der Waals surface area contributed by atoms with E-state index in [2.05, 4.69) is 16.0 Å². The maximum absolute atomic E-state index is 13.8. The third-order valence-electron chi connectivity index (χ3n) is 7.34. The molecule has 8 atom stereocenters. The zero-order valence-electron chi connectivity index (χ0n) is 20.0. The van der Waals surface area contributed by atoms with Crippen molar-refractivity contribution in [2.24, 2.45) is 17.6 Å². The number of carboxylic acids is 1. The molecular weight excluding hydrogens is 479 g/mol. The van der Waals surface area contributed by atoms with Crippen LogP contribution in [0.15, 0.2) is 10.6 Å². The Bertz CT molecular complexity index is 939. The quantitative estimate of drug-likeness (QED) is 0.243. The van der Waals surface area contributed by atoms with Crippen LogP contribution in [0.2, 0.25) is 0 Å². The molecule has 0 aromatic heterocycles. The summed E-state index contributed by atoms with van der Waals surface area (Å²) in [4.78, 5) is 53.3. The molecule has 11 nitrogen and oxygen atoms in total. The number of carbonyl (C=O) groups is 4. The van der Waals surface area contributed by atoms with Crippen molar-refractivity contribution in [3.63, 3.8) is 0 Å². The van der Waals surface area contributed by atoms with Crippen molar-refractivity contribution in [3.8, 4) is 0 Å². The molecule has 13 heteroatoms. The Morgan fingerprint density at radius 2 is 2.06 bits per heavy atom. The average molecular weight is 513 g/mol. The third-order valence-corrected chi connectivity index (χ3v) is 8.85. The van der Waals surface area contributed by atoms with Gasteiger partial charge in [-0.25, -0.2) is 9.18 Å². The Labute approximate surface area is 207 Å². The van der Waals surface area contributed by atoms with Crippen molar-refractivity contribution in [1.82, 2.24) is 25.8 Å². The topological polar surface area (TPSA) is 157 Å². The highest BCUT2D eigenvalue weighted by Gasteiger charge is 2.60. The van der Waals surface area contributed by atoms with Gasteiger partial charge in [0.2, 0.25) is 17.7 Å². The first-order valence-corrected chi connectivity index (χ1v) is 12.8. The first kappa shape index (κ1) is 25.9. The van der Waals surface area contributed by atoms with Crippen molar-refractivity contribution in [2.45, 2.75) is 55.9 Å². The van der Waals surface area contributed by atoms with Gasteiger partial charge in [-0.1, -0.05) is 6.92 Å².